The number of pyridine rings is 1. The minimum atomic E-state index is -1.19. The highest BCUT2D eigenvalue weighted by atomic mass is 35.5. The van der Waals surface area contributed by atoms with E-state index in [9.17, 15) is 14.0 Å². The molecule has 176 valence electrons. The monoisotopic (exact) mass is 522 g/mol. The maximum absolute atomic E-state index is 13.7. The summed E-state index contributed by atoms with van der Waals surface area (Å²) in [5.74, 6) is -2.06. The van der Waals surface area contributed by atoms with Crippen LogP contribution in [0, 0.1) is 5.82 Å². The van der Waals surface area contributed by atoms with E-state index in [0.717, 1.165) is 11.1 Å². The number of thiol groups is 1. The second-order valence-corrected chi connectivity index (χ2v) is 10.0. The summed E-state index contributed by atoms with van der Waals surface area (Å²) in [6, 6.07) is 20.6. The standard InChI is InChI=1S/C27H20ClFN2O2S2/c28-22-9-2-1-8-21(22)25-23(32)15-27(31(34)26(25)33,18-11-12-35-16-18)24-10-4-7-20(30-24)14-17-5-3-6-19(29)13-17/h1-13,16,25,34H,14-15H2. The first-order valence-electron chi connectivity index (χ1n) is 10.9. The predicted octanol–water partition coefficient (Wildman–Crippen LogP) is 6.20. The van der Waals surface area contributed by atoms with Gasteiger partial charge in [-0.05, 0) is 63.8 Å². The number of aromatic nitrogens is 1. The molecule has 2 aromatic heterocycles. The third-order valence-electron chi connectivity index (χ3n) is 6.29. The van der Waals surface area contributed by atoms with E-state index >= 15 is 0 Å². The minimum Gasteiger partial charge on any atom is -0.298 e. The Kier molecular flexibility index (Phi) is 6.49. The van der Waals surface area contributed by atoms with Crippen LogP contribution in [0.5, 0.6) is 0 Å². The van der Waals surface area contributed by atoms with E-state index in [0.29, 0.717) is 28.4 Å². The smallest absolute Gasteiger partial charge is 0.248 e. The summed E-state index contributed by atoms with van der Waals surface area (Å²) in [7, 11) is 0. The number of Topliss-reactive ketones (excluding diaryl/α,β-unsaturated/α-hetero) is 1. The van der Waals surface area contributed by atoms with E-state index in [1.165, 1.54) is 27.8 Å². The lowest BCUT2D eigenvalue weighted by Crippen LogP contribution is -2.54. The summed E-state index contributed by atoms with van der Waals surface area (Å²) in [4.78, 5) is 32.1. The molecule has 8 heteroatoms. The van der Waals surface area contributed by atoms with Gasteiger partial charge < -0.3 is 0 Å². The molecule has 2 atom stereocenters. The number of piperidine rings is 1. The zero-order valence-corrected chi connectivity index (χ0v) is 20.9. The molecular formula is C27H20ClFN2O2S2. The predicted molar refractivity (Wildman–Crippen MR) is 138 cm³/mol. The van der Waals surface area contributed by atoms with Gasteiger partial charge in [-0.15, -0.1) is 0 Å². The van der Waals surface area contributed by atoms with E-state index in [2.05, 4.69) is 12.8 Å². The van der Waals surface area contributed by atoms with Crippen molar-refractivity contribution in [2.75, 3.05) is 0 Å². The average molecular weight is 523 g/mol. The first-order chi connectivity index (χ1) is 16.9. The van der Waals surface area contributed by atoms with Crippen molar-refractivity contribution >= 4 is 47.4 Å². The van der Waals surface area contributed by atoms with Gasteiger partial charge in [0.1, 0.15) is 17.3 Å². The number of benzene rings is 2. The number of halogens is 2. The molecule has 35 heavy (non-hydrogen) atoms. The lowest BCUT2D eigenvalue weighted by atomic mass is 9.74. The Hall–Kier alpha value is -3.00. The highest BCUT2D eigenvalue weighted by Crippen LogP contribution is 2.47. The lowest BCUT2D eigenvalue weighted by Gasteiger charge is -2.45. The van der Waals surface area contributed by atoms with Crippen LogP contribution in [0.15, 0.2) is 83.6 Å². The molecule has 0 spiro atoms. The number of carbonyl (C=O) groups excluding carboxylic acids is 2. The van der Waals surface area contributed by atoms with Gasteiger partial charge in [-0.2, -0.15) is 11.3 Å². The van der Waals surface area contributed by atoms with E-state index in [1.54, 1.807) is 36.4 Å². The van der Waals surface area contributed by atoms with Crippen LogP contribution < -0.4 is 0 Å². The Morgan fingerprint density at radius 1 is 1.09 bits per heavy atom. The van der Waals surface area contributed by atoms with Crippen molar-refractivity contribution in [2.24, 2.45) is 0 Å². The molecule has 1 amide bonds. The van der Waals surface area contributed by atoms with Gasteiger partial charge in [-0.3, -0.25) is 18.9 Å². The molecule has 1 saturated heterocycles. The lowest BCUT2D eigenvalue weighted by molar-refractivity contribution is -0.142. The molecule has 0 bridgehead atoms. The molecular weight excluding hydrogens is 503 g/mol. The van der Waals surface area contributed by atoms with Gasteiger partial charge in [0.15, 0.2) is 5.78 Å². The number of thiophene rings is 1. The Morgan fingerprint density at radius 3 is 2.63 bits per heavy atom. The second kappa shape index (κ2) is 9.57. The molecule has 5 rings (SSSR count). The van der Waals surface area contributed by atoms with Crippen LogP contribution in [-0.2, 0) is 21.5 Å². The molecule has 0 N–H and O–H groups in total. The fourth-order valence-corrected chi connectivity index (χ4v) is 6.00. The molecule has 2 aromatic carbocycles. The number of ketones is 1. The van der Waals surface area contributed by atoms with Crippen LogP contribution in [0.1, 0.15) is 40.4 Å². The third kappa shape index (κ3) is 4.29. The zero-order chi connectivity index (χ0) is 24.6. The number of rotatable bonds is 5. The van der Waals surface area contributed by atoms with Crippen LogP contribution in [0.25, 0.3) is 0 Å². The normalized spacial score (nSPS) is 20.3. The largest absolute Gasteiger partial charge is 0.298 e. The van der Waals surface area contributed by atoms with Crippen LogP contribution in [0.3, 0.4) is 0 Å². The molecule has 2 unspecified atom stereocenters. The summed E-state index contributed by atoms with van der Waals surface area (Å²) >= 11 is 12.5. The summed E-state index contributed by atoms with van der Waals surface area (Å²) < 4.78 is 15.0. The Labute approximate surface area is 216 Å². The Balaban J connectivity index is 1.59. The van der Waals surface area contributed by atoms with Crippen molar-refractivity contribution in [2.45, 2.75) is 24.3 Å². The number of carbonyl (C=O) groups is 2. The van der Waals surface area contributed by atoms with Gasteiger partial charge in [0.2, 0.25) is 5.91 Å². The molecule has 1 aliphatic rings. The minimum absolute atomic E-state index is 0.00865. The fraction of sp³-hybridized carbons (Fsp3) is 0.148. The van der Waals surface area contributed by atoms with Crippen LogP contribution in [0.4, 0.5) is 4.39 Å². The molecule has 1 fully saturated rings. The van der Waals surface area contributed by atoms with Gasteiger partial charge in [0, 0.05) is 23.6 Å². The van der Waals surface area contributed by atoms with E-state index in [-0.39, 0.29) is 18.0 Å². The fourth-order valence-electron chi connectivity index (χ4n) is 4.63. The first-order valence-corrected chi connectivity index (χ1v) is 12.7. The highest BCUT2D eigenvalue weighted by Gasteiger charge is 2.53. The van der Waals surface area contributed by atoms with Crippen LogP contribution in [-0.4, -0.2) is 21.0 Å². The van der Waals surface area contributed by atoms with Gasteiger partial charge in [-0.25, -0.2) is 4.39 Å². The van der Waals surface area contributed by atoms with Crippen molar-refractivity contribution < 1.29 is 14.0 Å². The van der Waals surface area contributed by atoms with Crippen molar-refractivity contribution in [1.29, 1.82) is 0 Å². The van der Waals surface area contributed by atoms with Gasteiger partial charge >= 0.3 is 0 Å². The van der Waals surface area contributed by atoms with Crippen LogP contribution >= 0.6 is 35.8 Å². The van der Waals surface area contributed by atoms with Crippen molar-refractivity contribution in [3.63, 3.8) is 0 Å². The van der Waals surface area contributed by atoms with Gasteiger partial charge in [0.05, 0.1) is 5.69 Å². The Morgan fingerprint density at radius 2 is 1.89 bits per heavy atom. The van der Waals surface area contributed by atoms with Crippen molar-refractivity contribution in [3.8, 4) is 0 Å². The highest BCUT2D eigenvalue weighted by molar-refractivity contribution is 7.78. The number of nitrogens with zero attached hydrogens (tertiary/aromatic N) is 2. The van der Waals surface area contributed by atoms with E-state index < -0.39 is 17.4 Å². The molecule has 4 nitrogen and oxygen atoms in total. The summed E-state index contributed by atoms with van der Waals surface area (Å²) in [6.45, 7) is 0. The summed E-state index contributed by atoms with van der Waals surface area (Å²) in [5.41, 5.74) is 2.03. The molecule has 3 heterocycles. The SMILES string of the molecule is O=C1CC(c2ccsc2)(c2cccc(Cc3cccc(F)c3)n2)N(S)C(=O)C1c1ccccc1Cl. The molecule has 0 aliphatic carbocycles. The zero-order valence-electron chi connectivity index (χ0n) is 18.4. The van der Waals surface area contributed by atoms with Crippen molar-refractivity contribution in [3.05, 3.63) is 122 Å². The maximum Gasteiger partial charge on any atom is 0.248 e. The van der Waals surface area contributed by atoms with E-state index in [1.807, 2.05) is 35.0 Å². The molecule has 0 saturated carbocycles. The van der Waals surface area contributed by atoms with E-state index in [4.69, 9.17) is 16.6 Å². The molecule has 0 radical (unpaired) electrons. The third-order valence-corrected chi connectivity index (χ3v) is 7.86. The quantitative estimate of drug-likeness (QED) is 0.251. The first kappa shape index (κ1) is 23.7. The van der Waals surface area contributed by atoms with Crippen LogP contribution in [0.2, 0.25) is 5.02 Å². The summed E-state index contributed by atoms with van der Waals surface area (Å²) in [5, 5.41) is 4.16. The summed E-state index contributed by atoms with van der Waals surface area (Å²) in [6.07, 6.45) is 0.396. The number of amides is 1. The maximum atomic E-state index is 13.7. The van der Waals surface area contributed by atoms with Crippen molar-refractivity contribution in [1.82, 2.24) is 9.29 Å². The molecule has 1 aliphatic heterocycles. The molecule has 4 aromatic rings. The number of hydrogen-bond acceptors (Lipinski definition) is 5. The average Bonchev–Trinajstić information content (AvgIpc) is 3.38. The van der Waals surface area contributed by atoms with Gasteiger partial charge in [0.25, 0.3) is 0 Å². The Bertz CT molecular complexity index is 1410. The topological polar surface area (TPSA) is 50.3 Å². The van der Waals surface area contributed by atoms with Gasteiger partial charge in [-0.1, -0.05) is 60.8 Å². The second-order valence-electron chi connectivity index (χ2n) is 8.44. The number of hydrogen-bond donors (Lipinski definition) is 1.